The van der Waals surface area contributed by atoms with Crippen molar-refractivity contribution in [2.45, 2.75) is 33.1 Å². The Morgan fingerprint density at radius 2 is 2.27 bits per heavy atom. The number of nitrogens with one attached hydrogen (secondary N) is 3. The number of aromatic amines is 1. The SMILES string of the molecule is CCCNC(=O)Nc1cc(CCC)[nH]n1. The van der Waals surface area contributed by atoms with Crippen LogP contribution in [0.5, 0.6) is 0 Å². The van der Waals surface area contributed by atoms with Gasteiger partial charge in [-0.15, -0.1) is 0 Å². The largest absolute Gasteiger partial charge is 0.338 e. The van der Waals surface area contributed by atoms with Crippen LogP contribution in [0, 0.1) is 0 Å². The average Bonchev–Trinajstić information content (AvgIpc) is 2.63. The van der Waals surface area contributed by atoms with Crippen molar-refractivity contribution in [3.8, 4) is 0 Å². The highest BCUT2D eigenvalue weighted by Crippen LogP contribution is 2.06. The molecule has 1 rings (SSSR count). The summed E-state index contributed by atoms with van der Waals surface area (Å²) >= 11 is 0. The minimum atomic E-state index is -0.202. The second-order valence-electron chi connectivity index (χ2n) is 3.41. The summed E-state index contributed by atoms with van der Waals surface area (Å²) in [7, 11) is 0. The van der Waals surface area contributed by atoms with Gasteiger partial charge in [-0.05, 0) is 12.8 Å². The summed E-state index contributed by atoms with van der Waals surface area (Å²) in [6.45, 7) is 4.79. The molecule has 84 valence electrons. The molecular weight excluding hydrogens is 192 g/mol. The molecule has 0 saturated heterocycles. The number of carbonyl (C=O) groups excluding carboxylic acids is 1. The number of hydrogen-bond acceptors (Lipinski definition) is 2. The standard InChI is InChI=1S/C10H18N4O/c1-3-5-8-7-9(14-13-8)12-10(15)11-6-4-2/h7H,3-6H2,1-2H3,(H3,11,12,13,14,15). The number of anilines is 1. The van der Waals surface area contributed by atoms with E-state index in [0.29, 0.717) is 12.4 Å². The maximum Gasteiger partial charge on any atom is 0.320 e. The van der Waals surface area contributed by atoms with Crippen LogP contribution >= 0.6 is 0 Å². The molecule has 0 aliphatic carbocycles. The van der Waals surface area contributed by atoms with Crippen LogP contribution in [0.15, 0.2) is 6.07 Å². The van der Waals surface area contributed by atoms with Crippen LogP contribution < -0.4 is 10.6 Å². The Balaban J connectivity index is 2.39. The Labute approximate surface area is 89.6 Å². The molecule has 0 radical (unpaired) electrons. The molecule has 1 aromatic heterocycles. The van der Waals surface area contributed by atoms with Gasteiger partial charge in [0.2, 0.25) is 0 Å². The number of aromatic nitrogens is 2. The van der Waals surface area contributed by atoms with Gasteiger partial charge in [0.25, 0.3) is 0 Å². The third-order valence-electron chi connectivity index (χ3n) is 1.93. The maximum absolute atomic E-state index is 11.3. The zero-order valence-corrected chi connectivity index (χ0v) is 9.26. The summed E-state index contributed by atoms with van der Waals surface area (Å²) < 4.78 is 0. The molecule has 1 heterocycles. The molecule has 0 bridgehead atoms. The predicted molar refractivity (Wildman–Crippen MR) is 59.9 cm³/mol. The van der Waals surface area contributed by atoms with Crippen LogP contribution in [0.3, 0.4) is 0 Å². The zero-order chi connectivity index (χ0) is 11.1. The van der Waals surface area contributed by atoms with E-state index < -0.39 is 0 Å². The summed E-state index contributed by atoms with van der Waals surface area (Å²) in [6.07, 6.45) is 2.93. The van der Waals surface area contributed by atoms with E-state index in [1.54, 1.807) is 0 Å². The highest BCUT2D eigenvalue weighted by molar-refractivity contribution is 5.88. The molecule has 0 atom stereocenters. The van der Waals surface area contributed by atoms with Crippen LogP contribution in [0.1, 0.15) is 32.4 Å². The zero-order valence-electron chi connectivity index (χ0n) is 9.26. The molecular formula is C10H18N4O. The van der Waals surface area contributed by atoms with E-state index in [-0.39, 0.29) is 6.03 Å². The van der Waals surface area contributed by atoms with Gasteiger partial charge in [-0.25, -0.2) is 4.79 Å². The molecule has 3 N–H and O–H groups in total. The lowest BCUT2D eigenvalue weighted by Gasteiger charge is -2.02. The first-order chi connectivity index (χ1) is 7.26. The first-order valence-electron chi connectivity index (χ1n) is 5.35. The molecule has 0 aliphatic heterocycles. The van der Waals surface area contributed by atoms with Crippen LogP contribution in [0.4, 0.5) is 10.6 Å². The van der Waals surface area contributed by atoms with E-state index in [0.717, 1.165) is 25.0 Å². The number of carbonyl (C=O) groups is 1. The second kappa shape index (κ2) is 6.06. The minimum Gasteiger partial charge on any atom is -0.338 e. The Morgan fingerprint density at radius 1 is 1.47 bits per heavy atom. The number of amides is 2. The maximum atomic E-state index is 11.3. The van der Waals surface area contributed by atoms with E-state index >= 15 is 0 Å². The van der Waals surface area contributed by atoms with E-state index in [4.69, 9.17) is 0 Å². The Bertz CT molecular complexity index is 308. The van der Waals surface area contributed by atoms with Gasteiger partial charge in [-0.1, -0.05) is 20.3 Å². The van der Waals surface area contributed by atoms with E-state index in [9.17, 15) is 4.79 Å². The first kappa shape index (κ1) is 11.6. The van der Waals surface area contributed by atoms with Crippen LogP contribution in [-0.2, 0) is 6.42 Å². The van der Waals surface area contributed by atoms with Crippen molar-refractivity contribution in [3.63, 3.8) is 0 Å². The predicted octanol–water partition coefficient (Wildman–Crippen LogP) is 1.89. The summed E-state index contributed by atoms with van der Waals surface area (Å²) in [4.78, 5) is 11.3. The number of H-pyrrole nitrogens is 1. The van der Waals surface area contributed by atoms with E-state index in [1.807, 2.05) is 13.0 Å². The van der Waals surface area contributed by atoms with Crippen molar-refractivity contribution in [3.05, 3.63) is 11.8 Å². The second-order valence-corrected chi connectivity index (χ2v) is 3.41. The van der Waals surface area contributed by atoms with Crippen molar-refractivity contribution in [1.82, 2.24) is 15.5 Å². The molecule has 0 spiro atoms. The molecule has 1 aromatic rings. The fourth-order valence-electron chi connectivity index (χ4n) is 1.22. The summed E-state index contributed by atoms with van der Waals surface area (Å²) in [5, 5.41) is 12.2. The van der Waals surface area contributed by atoms with Crippen molar-refractivity contribution in [2.24, 2.45) is 0 Å². The van der Waals surface area contributed by atoms with Crippen molar-refractivity contribution >= 4 is 11.8 Å². The average molecular weight is 210 g/mol. The molecule has 0 saturated carbocycles. The number of urea groups is 1. The summed E-state index contributed by atoms with van der Waals surface area (Å²) in [5.74, 6) is 0.576. The van der Waals surface area contributed by atoms with Crippen LogP contribution in [0.25, 0.3) is 0 Å². The molecule has 15 heavy (non-hydrogen) atoms. The third-order valence-corrected chi connectivity index (χ3v) is 1.93. The number of rotatable bonds is 5. The molecule has 2 amide bonds. The summed E-state index contributed by atoms with van der Waals surface area (Å²) in [6, 6.07) is 1.65. The van der Waals surface area contributed by atoms with Crippen LogP contribution in [-0.4, -0.2) is 22.8 Å². The van der Waals surface area contributed by atoms with Gasteiger partial charge in [0.05, 0.1) is 0 Å². The molecule has 5 nitrogen and oxygen atoms in total. The van der Waals surface area contributed by atoms with Gasteiger partial charge in [0, 0.05) is 18.3 Å². The molecule has 0 fully saturated rings. The fraction of sp³-hybridized carbons (Fsp3) is 0.600. The van der Waals surface area contributed by atoms with E-state index in [2.05, 4.69) is 27.8 Å². The third kappa shape index (κ3) is 4.01. The summed E-state index contributed by atoms with van der Waals surface area (Å²) in [5.41, 5.74) is 1.04. The first-order valence-corrected chi connectivity index (χ1v) is 5.35. The fourth-order valence-corrected chi connectivity index (χ4v) is 1.22. The molecule has 0 aliphatic rings. The number of nitrogens with zero attached hydrogens (tertiary/aromatic N) is 1. The number of hydrogen-bond donors (Lipinski definition) is 3. The Kier molecular flexibility index (Phi) is 4.66. The van der Waals surface area contributed by atoms with Crippen molar-refractivity contribution in [2.75, 3.05) is 11.9 Å². The number of aryl methyl sites for hydroxylation is 1. The van der Waals surface area contributed by atoms with Gasteiger partial charge < -0.3 is 5.32 Å². The normalized spacial score (nSPS) is 10.0. The van der Waals surface area contributed by atoms with E-state index in [1.165, 1.54) is 0 Å². The van der Waals surface area contributed by atoms with Gasteiger partial charge in [0.15, 0.2) is 5.82 Å². The lowest BCUT2D eigenvalue weighted by molar-refractivity contribution is 0.252. The molecule has 0 aromatic carbocycles. The lowest BCUT2D eigenvalue weighted by Crippen LogP contribution is -2.29. The lowest BCUT2D eigenvalue weighted by atomic mass is 10.2. The van der Waals surface area contributed by atoms with Gasteiger partial charge in [-0.3, -0.25) is 10.4 Å². The Hall–Kier alpha value is -1.52. The van der Waals surface area contributed by atoms with Crippen molar-refractivity contribution in [1.29, 1.82) is 0 Å². The van der Waals surface area contributed by atoms with Crippen molar-refractivity contribution < 1.29 is 4.79 Å². The topological polar surface area (TPSA) is 69.8 Å². The molecule has 0 unspecified atom stereocenters. The molecule has 5 heteroatoms. The van der Waals surface area contributed by atoms with Crippen LogP contribution in [0.2, 0.25) is 0 Å². The monoisotopic (exact) mass is 210 g/mol. The highest BCUT2D eigenvalue weighted by Gasteiger charge is 2.03. The van der Waals surface area contributed by atoms with Gasteiger partial charge in [0.1, 0.15) is 0 Å². The van der Waals surface area contributed by atoms with Gasteiger partial charge >= 0.3 is 6.03 Å². The quantitative estimate of drug-likeness (QED) is 0.694. The minimum absolute atomic E-state index is 0.202. The Morgan fingerprint density at radius 3 is 2.93 bits per heavy atom. The van der Waals surface area contributed by atoms with Gasteiger partial charge in [-0.2, -0.15) is 5.10 Å². The highest BCUT2D eigenvalue weighted by atomic mass is 16.2. The smallest absolute Gasteiger partial charge is 0.320 e.